The van der Waals surface area contributed by atoms with Gasteiger partial charge in [-0.2, -0.15) is 0 Å². The molecule has 0 heterocycles. The lowest BCUT2D eigenvalue weighted by Crippen LogP contribution is -2.13. The van der Waals surface area contributed by atoms with Crippen molar-refractivity contribution in [3.8, 4) is 11.5 Å². The fourth-order valence-corrected chi connectivity index (χ4v) is 2.16. The van der Waals surface area contributed by atoms with Crippen LogP contribution in [0.3, 0.4) is 0 Å². The van der Waals surface area contributed by atoms with Gasteiger partial charge in [-0.3, -0.25) is 4.79 Å². The molecule has 20 heavy (non-hydrogen) atoms. The lowest BCUT2D eigenvalue weighted by Gasteiger charge is -2.15. The Morgan fingerprint density at radius 3 is 2.15 bits per heavy atom. The van der Waals surface area contributed by atoms with Gasteiger partial charge in [0.25, 0.3) is 0 Å². The van der Waals surface area contributed by atoms with Crippen molar-refractivity contribution in [2.75, 3.05) is 14.2 Å². The monoisotopic (exact) mass is 272 g/mol. The molecule has 104 valence electrons. The Bertz CT molecular complexity index is 593. The maximum atomic E-state index is 11.6. The van der Waals surface area contributed by atoms with E-state index in [0.717, 1.165) is 5.56 Å². The second-order valence-electron chi connectivity index (χ2n) is 4.30. The normalized spacial score (nSPS) is 11.7. The summed E-state index contributed by atoms with van der Waals surface area (Å²) in [7, 11) is 3.07. The Balaban J connectivity index is 2.48. The molecule has 0 spiro atoms. The summed E-state index contributed by atoms with van der Waals surface area (Å²) in [6.45, 7) is 0. The fraction of sp³-hybridized carbons (Fsp3) is 0.188. The molecule has 0 fully saturated rings. The van der Waals surface area contributed by atoms with E-state index in [9.17, 15) is 9.90 Å². The maximum Gasteiger partial charge on any atom is 0.315 e. The summed E-state index contributed by atoms with van der Waals surface area (Å²) >= 11 is 0. The van der Waals surface area contributed by atoms with E-state index in [0.29, 0.717) is 17.1 Å². The quantitative estimate of drug-likeness (QED) is 0.909. The SMILES string of the molecule is COc1ccc(C(C(=O)O)c2ccccc2)cc1OC. The molecule has 4 heteroatoms. The standard InChI is InChI=1S/C16H16O4/c1-19-13-9-8-12(10-14(13)20-2)15(16(17)18)11-6-4-3-5-7-11/h3-10,15H,1-2H3,(H,17,18). The Kier molecular flexibility index (Phi) is 4.25. The molecule has 0 aliphatic rings. The molecular weight excluding hydrogens is 256 g/mol. The van der Waals surface area contributed by atoms with E-state index in [-0.39, 0.29) is 0 Å². The third kappa shape index (κ3) is 2.74. The highest BCUT2D eigenvalue weighted by atomic mass is 16.5. The number of methoxy groups -OCH3 is 2. The molecule has 0 aliphatic heterocycles. The highest BCUT2D eigenvalue weighted by molar-refractivity contribution is 5.80. The molecular formula is C16H16O4. The minimum atomic E-state index is -0.900. The first-order valence-corrected chi connectivity index (χ1v) is 6.17. The highest BCUT2D eigenvalue weighted by Crippen LogP contribution is 2.33. The average Bonchev–Trinajstić information content (AvgIpc) is 2.48. The van der Waals surface area contributed by atoms with Crippen LogP contribution in [0.25, 0.3) is 0 Å². The number of aliphatic carboxylic acids is 1. The van der Waals surface area contributed by atoms with Crippen LogP contribution in [-0.4, -0.2) is 25.3 Å². The summed E-state index contributed by atoms with van der Waals surface area (Å²) in [5.41, 5.74) is 1.38. The van der Waals surface area contributed by atoms with E-state index in [1.165, 1.54) is 7.11 Å². The molecule has 0 saturated carbocycles. The number of carboxylic acids is 1. The van der Waals surface area contributed by atoms with Gasteiger partial charge >= 0.3 is 5.97 Å². The van der Waals surface area contributed by atoms with Crippen LogP contribution < -0.4 is 9.47 Å². The molecule has 0 aliphatic carbocycles. The number of carbonyl (C=O) groups is 1. The summed E-state index contributed by atoms with van der Waals surface area (Å²) in [6.07, 6.45) is 0. The van der Waals surface area contributed by atoms with Gasteiger partial charge in [0.2, 0.25) is 0 Å². The van der Waals surface area contributed by atoms with Crippen LogP contribution in [0.1, 0.15) is 17.0 Å². The van der Waals surface area contributed by atoms with E-state index in [1.807, 2.05) is 18.2 Å². The Morgan fingerprint density at radius 1 is 0.950 bits per heavy atom. The van der Waals surface area contributed by atoms with Crippen molar-refractivity contribution in [1.82, 2.24) is 0 Å². The lowest BCUT2D eigenvalue weighted by atomic mass is 9.91. The Labute approximate surface area is 117 Å². The summed E-state index contributed by atoms with van der Waals surface area (Å²) in [5, 5.41) is 9.50. The molecule has 0 aromatic heterocycles. The molecule has 2 rings (SSSR count). The van der Waals surface area contributed by atoms with E-state index in [2.05, 4.69) is 0 Å². The topological polar surface area (TPSA) is 55.8 Å². The summed E-state index contributed by atoms with van der Waals surface area (Å²) in [5.74, 6) is -0.528. The molecule has 0 radical (unpaired) electrons. The van der Waals surface area contributed by atoms with Crippen molar-refractivity contribution in [1.29, 1.82) is 0 Å². The number of hydrogen-bond acceptors (Lipinski definition) is 3. The zero-order valence-corrected chi connectivity index (χ0v) is 11.4. The molecule has 0 saturated heterocycles. The van der Waals surface area contributed by atoms with Gasteiger partial charge < -0.3 is 14.6 Å². The fourth-order valence-electron chi connectivity index (χ4n) is 2.16. The van der Waals surface area contributed by atoms with Crippen molar-refractivity contribution in [2.45, 2.75) is 5.92 Å². The second-order valence-corrected chi connectivity index (χ2v) is 4.30. The number of carboxylic acid groups (broad SMARTS) is 1. The first kappa shape index (κ1) is 13.9. The molecule has 1 unspecified atom stereocenters. The van der Waals surface area contributed by atoms with Crippen LogP contribution in [0.4, 0.5) is 0 Å². The van der Waals surface area contributed by atoms with Crippen molar-refractivity contribution in [2.24, 2.45) is 0 Å². The van der Waals surface area contributed by atoms with Crippen LogP contribution in [0.5, 0.6) is 11.5 Å². The molecule has 0 amide bonds. The third-order valence-corrected chi connectivity index (χ3v) is 3.12. The summed E-state index contributed by atoms with van der Waals surface area (Å²) in [6, 6.07) is 14.3. The van der Waals surface area contributed by atoms with Crippen molar-refractivity contribution >= 4 is 5.97 Å². The molecule has 2 aromatic carbocycles. The van der Waals surface area contributed by atoms with Gasteiger partial charge in [-0.05, 0) is 23.3 Å². The zero-order chi connectivity index (χ0) is 14.5. The third-order valence-electron chi connectivity index (χ3n) is 3.12. The smallest absolute Gasteiger partial charge is 0.315 e. The van der Waals surface area contributed by atoms with Gasteiger partial charge in [-0.15, -0.1) is 0 Å². The minimum absolute atomic E-state index is 0.521. The Morgan fingerprint density at radius 2 is 1.60 bits per heavy atom. The second kappa shape index (κ2) is 6.10. The van der Waals surface area contributed by atoms with Gasteiger partial charge in [0.15, 0.2) is 11.5 Å². The van der Waals surface area contributed by atoms with Crippen LogP contribution in [0, 0.1) is 0 Å². The van der Waals surface area contributed by atoms with Crippen LogP contribution >= 0.6 is 0 Å². The highest BCUT2D eigenvalue weighted by Gasteiger charge is 2.23. The number of rotatable bonds is 5. The van der Waals surface area contributed by atoms with Crippen LogP contribution in [0.2, 0.25) is 0 Å². The Hall–Kier alpha value is -2.49. The van der Waals surface area contributed by atoms with Crippen molar-refractivity contribution in [3.63, 3.8) is 0 Å². The van der Waals surface area contributed by atoms with Crippen molar-refractivity contribution in [3.05, 3.63) is 59.7 Å². The summed E-state index contributed by atoms with van der Waals surface area (Å²) < 4.78 is 10.4. The first-order chi connectivity index (χ1) is 9.67. The predicted molar refractivity (Wildman–Crippen MR) is 75.5 cm³/mol. The number of hydrogen-bond donors (Lipinski definition) is 1. The van der Waals surface area contributed by atoms with Gasteiger partial charge in [0.05, 0.1) is 14.2 Å². The van der Waals surface area contributed by atoms with E-state index >= 15 is 0 Å². The zero-order valence-electron chi connectivity index (χ0n) is 11.4. The van der Waals surface area contributed by atoms with E-state index in [4.69, 9.17) is 9.47 Å². The van der Waals surface area contributed by atoms with Crippen molar-refractivity contribution < 1.29 is 19.4 Å². The lowest BCUT2D eigenvalue weighted by molar-refractivity contribution is -0.137. The maximum absolute atomic E-state index is 11.6. The van der Waals surface area contributed by atoms with Crippen LogP contribution in [0.15, 0.2) is 48.5 Å². The molecule has 1 N–H and O–H groups in total. The predicted octanol–water partition coefficient (Wildman–Crippen LogP) is 2.92. The average molecular weight is 272 g/mol. The molecule has 0 bridgehead atoms. The molecule has 4 nitrogen and oxygen atoms in total. The van der Waals surface area contributed by atoms with Gasteiger partial charge in [-0.1, -0.05) is 36.4 Å². The van der Waals surface area contributed by atoms with Gasteiger partial charge in [0, 0.05) is 0 Å². The van der Waals surface area contributed by atoms with Gasteiger partial charge in [-0.25, -0.2) is 0 Å². The van der Waals surface area contributed by atoms with Crippen LogP contribution in [-0.2, 0) is 4.79 Å². The minimum Gasteiger partial charge on any atom is -0.493 e. The largest absolute Gasteiger partial charge is 0.493 e. The summed E-state index contributed by atoms with van der Waals surface area (Å²) in [4.78, 5) is 11.6. The first-order valence-electron chi connectivity index (χ1n) is 6.17. The number of benzene rings is 2. The number of ether oxygens (including phenoxy) is 2. The molecule has 1 atom stereocenters. The molecule has 2 aromatic rings. The van der Waals surface area contributed by atoms with E-state index in [1.54, 1.807) is 37.4 Å². The van der Waals surface area contributed by atoms with E-state index < -0.39 is 11.9 Å². The van der Waals surface area contributed by atoms with Gasteiger partial charge in [0.1, 0.15) is 5.92 Å².